The largest absolute Gasteiger partial charge is 0.299 e. The van der Waals surface area contributed by atoms with Crippen molar-refractivity contribution in [3.8, 4) is 0 Å². The molecule has 1 aromatic heterocycles. The van der Waals surface area contributed by atoms with Gasteiger partial charge >= 0.3 is 0 Å². The summed E-state index contributed by atoms with van der Waals surface area (Å²) in [6.07, 6.45) is 4.65. The minimum Gasteiger partial charge on any atom is -0.299 e. The van der Waals surface area contributed by atoms with Gasteiger partial charge in [0.1, 0.15) is 12.1 Å². The van der Waals surface area contributed by atoms with Crippen molar-refractivity contribution < 1.29 is 4.79 Å². The van der Waals surface area contributed by atoms with E-state index in [4.69, 9.17) is 0 Å². The smallest absolute Gasteiger partial charge is 0.139 e. The second-order valence-electron chi connectivity index (χ2n) is 4.56. The monoisotopic (exact) mass is 220 g/mol. The zero-order valence-electron chi connectivity index (χ0n) is 10.4. The summed E-state index contributed by atoms with van der Waals surface area (Å²) in [7, 11) is 0. The van der Waals surface area contributed by atoms with Gasteiger partial charge in [0.2, 0.25) is 0 Å². The molecule has 1 aromatic rings. The van der Waals surface area contributed by atoms with Gasteiger partial charge in [-0.2, -0.15) is 0 Å². The number of nitrogens with zero attached hydrogens (tertiary/aromatic N) is 2. The van der Waals surface area contributed by atoms with Gasteiger partial charge in [-0.25, -0.2) is 9.97 Å². The van der Waals surface area contributed by atoms with Crippen LogP contribution in [0.25, 0.3) is 0 Å². The van der Waals surface area contributed by atoms with Crippen molar-refractivity contribution in [1.82, 2.24) is 9.97 Å². The van der Waals surface area contributed by atoms with E-state index in [9.17, 15) is 4.79 Å². The quantitative estimate of drug-likeness (QED) is 0.740. The average molecular weight is 220 g/mol. The Balaban J connectivity index is 2.59. The lowest BCUT2D eigenvalue weighted by Crippen LogP contribution is -2.08. The van der Waals surface area contributed by atoms with E-state index in [1.54, 1.807) is 6.33 Å². The van der Waals surface area contributed by atoms with Gasteiger partial charge in [0, 0.05) is 18.5 Å². The molecule has 0 radical (unpaired) electrons. The molecule has 0 fully saturated rings. The van der Waals surface area contributed by atoms with Crippen LogP contribution in [0.1, 0.15) is 45.0 Å². The van der Waals surface area contributed by atoms with Crippen LogP contribution in [-0.4, -0.2) is 15.8 Å². The van der Waals surface area contributed by atoms with E-state index >= 15 is 0 Å². The summed E-state index contributed by atoms with van der Waals surface area (Å²) in [5.74, 6) is 0.681. The number of aromatic nitrogens is 2. The molecule has 0 aliphatic rings. The Labute approximate surface area is 97.3 Å². The summed E-state index contributed by atoms with van der Waals surface area (Å²) in [6.45, 7) is 6.23. The van der Waals surface area contributed by atoms with E-state index in [0.29, 0.717) is 18.8 Å². The van der Waals surface area contributed by atoms with Crippen LogP contribution in [0.15, 0.2) is 12.4 Å². The molecule has 0 aliphatic carbocycles. The zero-order chi connectivity index (χ0) is 12.0. The van der Waals surface area contributed by atoms with E-state index in [0.717, 1.165) is 24.2 Å². The summed E-state index contributed by atoms with van der Waals surface area (Å²) in [4.78, 5) is 19.9. The number of carbonyl (C=O) groups excluding carboxylic acids is 1. The molecule has 0 aliphatic heterocycles. The lowest BCUT2D eigenvalue weighted by molar-refractivity contribution is -0.119. The molecule has 0 atom stereocenters. The highest BCUT2D eigenvalue weighted by Gasteiger charge is 2.08. The molecule has 0 unspecified atom stereocenters. The van der Waals surface area contributed by atoms with Crippen LogP contribution in [-0.2, 0) is 17.6 Å². The molecule has 0 saturated heterocycles. The maximum Gasteiger partial charge on any atom is 0.139 e. The first-order valence-corrected chi connectivity index (χ1v) is 5.93. The first-order chi connectivity index (χ1) is 7.61. The normalized spacial score (nSPS) is 10.8. The van der Waals surface area contributed by atoms with Crippen LogP contribution in [0.4, 0.5) is 0 Å². The van der Waals surface area contributed by atoms with Gasteiger partial charge in [0.25, 0.3) is 0 Å². The molecule has 0 amide bonds. The van der Waals surface area contributed by atoms with E-state index in [1.807, 2.05) is 6.07 Å². The summed E-state index contributed by atoms with van der Waals surface area (Å²) in [6, 6.07) is 1.95. The minimum absolute atomic E-state index is 0.260. The zero-order valence-corrected chi connectivity index (χ0v) is 10.4. The molecule has 1 rings (SSSR count). The number of rotatable bonds is 6. The van der Waals surface area contributed by atoms with Crippen molar-refractivity contribution in [2.24, 2.45) is 5.92 Å². The third-order valence-electron chi connectivity index (χ3n) is 2.30. The lowest BCUT2D eigenvalue weighted by atomic mass is 10.0. The van der Waals surface area contributed by atoms with Crippen LogP contribution in [0.2, 0.25) is 0 Å². The van der Waals surface area contributed by atoms with Gasteiger partial charge in [-0.1, -0.05) is 27.2 Å². The van der Waals surface area contributed by atoms with E-state index < -0.39 is 0 Å². The Hall–Kier alpha value is -1.25. The summed E-state index contributed by atoms with van der Waals surface area (Å²) < 4.78 is 0. The lowest BCUT2D eigenvalue weighted by Gasteiger charge is -2.04. The van der Waals surface area contributed by atoms with Crippen LogP contribution >= 0.6 is 0 Å². The van der Waals surface area contributed by atoms with Crippen LogP contribution in [0, 0.1) is 5.92 Å². The van der Waals surface area contributed by atoms with Crippen molar-refractivity contribution in [2.75, 3.05) is 0 Å². The first kappa shape index (κ1) is 12.8. The summed E-state index contributed by atoms with van der Waals surface area (Å²) in [5.41, 5.74) is 1.88. The Morgan fingerprint density at radius 2 is 2.00 bits per heavy atom. The van der Waals surface area contributed by atoms with Crippen molar-refractivity contribution in [3.63, 3.8) is 0 Å². The number of carbonyl (C=O) groups is 1. The molecule has 0 bridgehead atoms. The third kappa shape index (κ3) is 4.51. The summed E-state index contributed by atoms with van der Waals surface area (Å²) in [5, 5.41) is 0. The van der Waals surface area contributed by atoms with Gasteiger partial charge in [0.05, 0.1) is 5.69 Å². The van der Waals surface area contributed by atoms with Crippen LogP contribution in [0.5, 0.6) is 0 Å². The topological polar surface area (TPSA) is 42.9 Å². The highest BCUT2D eigenvalue weighted by molar-refractivity contribution is 5.80. The van der Waals surface area contributed by atoms with Gasteiger partial charge < -0.3 is 0 Å². The molecular weight excluding hydrogens is 200 g/mol. The highest BCUT2D eigenvalue weighted by Crippen LogP contribution is 2.06. The molecule has 88 valence electrons. The van der Waals surface area contributed by atoms with E-state index in [-0.39, 0.29) is 5.78 Å². The number of hydrogen-bond acceptors (Lipinski definition) is 3. The van der Waals surface area contributed by atoms with Gasteiger partial charge in [-0.05, 0) is 18.4 Å². The second-order valence-corrected chi connectivity index (χ2v) is 4.56. The molecule has 0 N–H and O–H groups in total. The molecule has 3 nitrogen and oxygen atoms in total. The SMILES string of the molecule is CCCc1cc(CC(=O)CC(C)C)ncn1. The minimum atomic E-state index is 0.260. The van der Waals surface area contributed by atoms with Crippen LogP contribution in [0.3, 0.4) is 0 Å². The van der Waals surface area contributed by atoms with Gasteiger partial charge in [-0.3, -0.25) is 4.79 Å². The number of hydrogen-bond donors (Lipinski definition) is 0. The Bertz CT molecular complexity index is 348. The number of ketones is 1. The van der Waals surface area contributed by atoms with Crippen molar-refractivity contribution in [2.45, 2.75) is 46.5 Å². The molecule has 16 heavy (non-hydrogen) atoms. The van der Waals surface area contributed by atoms with Crippen molar-refractivity contribution >= 4 is 5.78 Å². The van der Waals surface area contributed by atoms with Crippen molar-refractivity contribution in [3.05, 3.63) is 23.8 Å². The van der Waals surface area contributed by atoms with Gasteiger partial charge in [0.15, 0.2) is 0 Å². The molecule has 3 heteroatoms. The Morgan fingerprint density at radius 3 is 2.62 bits per heavy atom. The average Bonchev–Trinajstić information content (AvgIpc) is 2.17. The van der Waals surface area contributed by atoms with E-state index in [2.05, 4.69) is 30.7 Å². The Kier molecular flexibility index (Phi) is 5.09. The molecule has 0 spiro atoms. The first-order valence-electron chi connectivity index (χ1n) is 5.93. The molecule has 0 aromatic carbocycles. The van der Waals surface area contributed by atoms with Gasteiger partial charge in [-0.15, -0.1) is 0 Å². The highest BCUT2D eigenvalue weighted by atomic mass is 16.1. The Morgan fingerprint density at radius 1 is 1.31 bits per heavy atom. The number of Topliss-reactive ketones (excluding diaryl/α,β-unsaturated/α-hetero) is 1. The summed E-state index contributed by atoms with van der Waals surface area (Å²) >= 11 is 0. The fourth-order valence-corrected chi connectivity index (χ4v) is 1.66. The van der Waals surface area contributed by atoms with Crippen molar-refractivity contribution in [1.29, 1.82) is 0 Å². The maximum atomic E-state index is 11.6. The predicted molar refractivity (Wildman–Crippen MR) is 64.2 cm³/mol. The predicted octanol–water partition coefficient (Wildman–Crippen LogP) is 2.59. The number of aryl methyl sites for hydroxylation is 1. The standard InChI is InChI=1S/C13H20N2O/c1-4-5-11-7-12(15-9-14-11)8-13(16)6-10(2)3/h7,9-10H,4-6,8H2,1-3H3. The molecule has 1 heterocycles. The second kappa shape index (κ2) is 6.36. The fraction of sp³-hybridized carbons (Fsp3) is 0.615. The molecular formula is C13H20N2O. The molecule has 0 saturated carbocycles. The third-order valence-corrected chi connectivity index (χ3v) is 2.30. The van der Waals surface area contributed by atoms with Crippen LogP contribution < -0.4 is 0 Å². The fourth-order valence-electron chi connectivity index (χ4n) is 1.66. The maximum absolute atomic E-state index is 11.6. The van der Waals surface area contributed by atoms with E-state index in [1.165, 1.54) is 0 Å².